The molecule has 0 unspecified atom stereocenters. The molecule has 1 aliphatic carbocycles. The van der Waals surface area contributed by atoms with Crippen LogP contribution in [0.5, 0.6) is 0 Å². The first-order chi connectivity index (χ1) is 13.5. The Labute approximate surface area is 167 Å². The van der Waals surface area contributed by atoms with Crippen LogP contribution in [0.3, 0.4) is 0 Å². The average molecular weight is 395 g/mol. The summed E-state index contributed by atoms with van der Waals surface area (Å²) in [7, 11) is 0. The molecule has 6 nitrogen and oxygen atoms in total. The second-order valence-electron chi connectivity index (χ2n) is 6.91. The normalized spacial score (nSPS) is 13.2. The van der Waals surface area contributed by atoms with Gasteiger partial charge in [-0.25, -0.2) is 4.68 Å². The highest BCUT2D eigenvalue weighted by Crippen LogP contribution is 2.24. The molecule has 7 heteroatoms. The lowest BCUT2D eigenvalue weighted by molar-refractivity contribution is 0.0949. The van der Waals surface area contributed by atoms with Crippen molar-refractivity contribution in [3.63, 3.8) is 0 Å². The third kappa shape index (κ3) is 4.07. The van der Waals surface area contributed by atoms with Crippen molar-refractivity contribution in [3.8, 4) is 5.69 Å². The first kappa shape index (κ1) is 18.3. The molecule has 142 valence electrons. The van der Waals surface area contributed by atoms with Crippen molar-refractivity contribution < 1.29 is 9.59 Å². The average Bonchev–Trinajstić information content (AvgIpc) is 3.40. The molecule has 0 atom stereocenters. The van der Waals surface area contributed by atoms with Crippen LogP contribution in [0.15, 0.2) is 54.9 Å². The Kier molecular flexibility index (Phi) is 4.88. The number of anilines is 1. The summed E-state index contributed by atoms with van der Waals surface area (Å²) in [5, 5.41) is 10.3. The van der Waals surface area contributed by atoms with Crippen LogP contribution in [-0.4, -0.2) is 27.6 Å². The van der Waals surface area contributed by atoms with Gasteiger partial charge in [0.15, 0.2) is 0 Å². The van der Waals surface area contributed by atoms with Crippen molar-refractivity contribution in [2.24, 2.45) is 0 Å². The molecule has 0 radical (unpaired) electrons. The van der Waals surface area contributed by atoms with Crippen LogP contribution in [0.2, 0.25) is 5.02 Å². The summed E-state index contributed by atoms with van der Waals surface area (Å²) in [6.07, 6.45) is 5.68. The minimum Gasteiger partial charge on any atom is -0.349 e. The number of aryl methyl sites for hydroxylation is 1. The molecule has 0 aliphatic heterocycles. The van der Waals surface area contributed by atoms with Gasteiger partial charge in [0.2, 0.25) is 0 Å². The molecule has 2 aromatic carbocycles. The first-order valence-electron chi connectivity index (χ1n) is 9.03. The van der Waals surface area contributed by atoms with E-state index in [2.05, 4.69) is 15.7 Å². The Hall–Kier alpha value is -3.12. The van der Waals surface area contributed by atoms with Crippen molar-refractivity contribution in [2.45, 2.75) is 25.8 Å². The maximum absolute atomic E-state index is 12.6. The van der Waals surface area contributed by atoms with Crippen LogP contribution in [0, 0.1) is 6.92 Å². The number of halogens is 1. The van der Waals surface area contributed by atoms with Gasteiger partial charge in [0, 0.05) is 23.5 Å². The summed E-state index contributed by atoms with van der Waals surface area (Å²) < 4.78 is 1.75. The summed E-state index contributed by atoms with van der Waals surface area (Å²) >= 11 is 6.14. The topological polar surface area (TPSA) is 76.0 Å². The van der Waals surface area contributed by atoms with Gasteiger partial charge in [0.1, 0.15) is 0 Å². The molecule has 4 rings (SSSR count). The standard InChI is InChI=1S/C21H19ClN4O2/c1-13-11-23-26(12-13)17-7-2-14(3-8-17)20(27)25-16-6-9-19(22)18(10-16)21(28)24-15-4-5-15/h2-3,6-12,15H,4-5H2,1H3,(H,24,28)(H,25,27). The zero-order valence-electron chi connectivity index (χ0n) is 15.3. The molecule has 0 bridgehead atoms. The second kappa shape index (κ2) is 7.48. The van der Waals surface area contributed by atoms with Crippen LogP contribution in [0.4, 0.5) is 5.69 Å². The van der Waals surface area contributed by atoms with Gasteiger partial charge in [-0.15, -0.1) is 0 Å². The maximum atomic E-state index is 12.6. The predicted molar refractivity (Wildman–Crippen MR) is 108 cm³/mol. The molecule has 1 fully saturated rings. The molecule has 2 amide bonds. The molecule has 0 saturated heterocycles. The van der Waals surface area contributed by atoms with E-state index in [0.717, 1.165) is 24.1 Å². The Balaban J connectivity index is 1.47. The summed E-state index contributed by atoms with van der Waals surface area (Å²) in [6, 6.07) is 12.3. The van der Waals surface area contributed by atoms with Gasteiger partial charge in [-0.1, -0.05) is 11.6 Å². The first-order valence-corrected chi connectivity index (χ1v) is 9.41. The second-order valence-corrected chi connectivity index (χ2v) is 7.31. The monoisotopic (exact) mass is 394 g/mol. The molecule has 1 heterocycles. The van der Waals surface area contributed by atoms with E-state index in [1.165, 1.54) is 0 Å². The van der Waals surface area contributed by atoms with Gasteiger partial charge >= 0.3 is 0 Å². The minimum atomic E-state index is -0.265. The Morgan fingerprint density at radius 2 is 1.86 bits per heavy atom. The van der Waals surface area contributed by atoms with Crippen LogP contribution < -0.4 is 10.6 Å². The molecule has 0 spiro atoms. The fraction of sp³-hybridized carbons (Fsp3) is 0.190. The van der Waals surface area contributed by atoms with Gasteiger partial charge in [-0.05, 0) is 67.8 Å². The van der Waals surface area contributed by atoms with Crippen LogP contribution in [0.25, 0.3) is 5.69 Å². The van der Waals surface area contributed by atoms with E-state index in [0.29, 0.717) is 21.8 Å². The summed E-state index contributed by atoms with van der Waals surface area (Å²) in [5.41, 5.74) is 3.31. The lowest BCUT2D eigenvalue weighted by Crippen LogP contribution is -2.25. The Bertz CT molecular complexity index is 1040. The number of rotatable bonds is 5. The van der Waals surface area contributed by atoms with Crippen molar-refractivity contribution in [1.82, 2.24) is 15.1 Å². The predicted octanol–water partition coefficient (Wildman–Crippen LogP) is 3.98. The maximum Gasteiger partial charge on any atom is 0.255 e. The summed E-state index contributed by atoms with van der Waals surface area (Å²) in [5.74, 6) is -0.485. The SMILES string of the molecule is Cc1cnn(-c2ccc(C(=O)Nc3ccc(Cl)c(C(=O)NC4CC4)c3)cc2)c1. The molecule has 3 aromatic rings. The van der Waals surface area contributed by atoms with Crippen LogP contribution in [0.1, 0.15) is 39.1 Å². The summed E-state index contributed by atoms with van der Waals surface area (Å²) in [4.78, 5) is 24.8. The number of hydrogen-bond acceptors (Lipinski definition) is 3. The highest BCUT2D eigenvalue weighted by atomic mass is 35.5. The fourth-order valence-electron chi connectivity index (χ4n) is 2.79. The molecule has 1 aliphatic rings. The van der Waals surface area contributed by atoms with E-state index in [-0.39, 0.29) is 17.9 Å². The number of amides is 2. The van der Waals surface area contributed by atoms with Gasteiger partial charge in [-0.3, -0.25) is 9.59 Å². The van der Waals surface area contributed by atoms with Gasteiger partial charge in [0.05, 0.1) is 22.5 Å². The molecule has 1 aromatic heterocycles. The molecule has 28 heavy (non-hydrogen) atoms. The number of nitrogens with one attached hydrogen (secondary N) is 2. The van der Waals surface area contributed by atoms with Gasteiger partial charge in [0.25, 0.3) is 11.8 Å². The number of hydrogen-bond donors (Lipinski definition) is 2. The van der Waals surface area contributed by atoms with Crippen LogP contribution >= 0.6 is 11.6 Å². The highest BCUT2D eigenvalue weighted by Gasteiger charge is 2.25. The van der Waals surface area contributed by atoms with E-state index < -0.39 is 0 Å². The molecular formula is C21H19ClN4O2. The number of benzene rings is 2. The van der Waals surface area contributed by atoms with Crippen molar-refractivity contribution in [3.05, 3.63) is 76.6 Å². The zero-order chi connectivity index (χ0) is 19.7. The quantitative estimate of drug-likeness (QED) is 0.687. The van der Waals surface area contributed by atoms with Gasteiger partial charge < -0.3 is 10.6 Å². The van der Waals surface area contributed by atoms with E-state index in [1.807, 2.05) is 25.3 Å². The third-order valence-electron chi connectivity index (χ3n) is 4.49. The molecular weight excluding hydrogens is 376 g/mol. The van der Waals surface area contributed by atoms with Gasteiger partial charge in [-0.2, -0.15) is 5.10 Å². The van der Waals surface area contributed by atoms with Crippen LogP contribution in [-0.2, 0) is 0 Å². The lowest BCUT2D eigenvalue weighted by Gasteiger charge is -2.10. The highest BCUT2D eigenvalue weighted by molar-refractivity contribution is 6.34. The number of nitrogens with zero attached hydrogens (tertiary/aromatic N) is 2. The Morgan fingerprint density at radius 3 is 2.50 bits per heavy atom. The molecule has 1 saturated carbocycles. The third-order valence-corrected chi connectivity index (χ3v) is 4.82. The fourth-order valence-corrected chi connectivity index (χ4v) is 2.99. The number of carbonyl (C=O) groups is 2. The zero-order valence-corrected chi connectivity index (χ0v) is 16.0. The smallest absolute Gasteiger partial charge is 0.255 e. The van der Waals surface area contributed by atoms with Crippen molar-refractivity contribution in [1.29, 1.82) is 0 Å². The Morgan fingerprint density at radius 1 is 1.11 bits per heavy atom. The van der Waals surface area contributed by atoms with Crippen molar-refractivity contribution >= 4 is 29.1 Å². The van der Waals surface area contributed by atoms with E-state index in [1.54, 1.807) is 41.2 Å². The van der Waals surface area contributed by atoms with E-state index in [4.69, 9.17) is 11.6 Å². The largest absolute Gasteiger partial charge is 0.349 e. The number of aromatic nitrogens is 2. The summed E-state index contributed by atoms with van der Waals surface area (Å²) in [6.45, 7) is 1.97. The van der Waals surface area contributed by atoms with E-state index >= 15 is 0 Å². The number of carbonyl (C=O) groups excluding carboxylic acids is 2. The molecule has 2 N–H and O–H groups in total. The lowest BCUT2D eigenvalue weighted by atomic mass is 10.1. The van der Waals surface area contributed by atoms with Crippen molar-refractivity contribution in [2.75, 3.05) is 5.32 Å². The minimum absolute atomic E-state index is 0.220. The van der Waals surface area contributed by atoms with E-state index in [9.17, 15) is 9.59 Å².